The van der Waals surface area contributed by atoms with Crippen LogP contribution >= 0.6 is 11.6 Å². The molecule has 1 aliphatic heterocycles. The summed E-state index contributed by atoms with van der Waals surface area (Å²) < 4.78 is 43.3. The van der Waals surface area contributed by atoms with Gasteiger partial charge in [0.15, 0.2) is 17.2 Å². The second kappa shape index (κ2) is 9.77. The number of halogens is 1. The average molecular weight is 550 g/mol. The van der Waals surface area contributed by atoms with Gasteiger partial charge in [-0.25, -0.2) is 9.71 Å². The molecule has 2 N–H and O–H groups in total. The number of sulfonamides is 1. The SMILES string of the molecule is C[C@@H](C[C@]1(C)C[C@@H](c2nc3cc(Cl)ccc3o2)C1)NC(=O)c1ccc(S(=O)(=O)NC(=O)C2CCOC2)o1. The molecule has 2 atom stereocenters. The quantitative estimate of drug-likeness (QED) is 0.429. The number of nitrogens with zero attached hydrogens (tertiary/aromatic N) is 1. The number of ether oxygens (including phenoxy) is 1. The first-order valence-corrected chi connectivity index (χ1v) is 14.0. The van der Waals surface area contributed by atoms with E-state index >= 15 is 0 Å². The number of furan rings is 1. The summed E-state index contributed by atoms with van der Waals surface area (Å²) in [7, 11) is -4.23. The van der Waals surface area contributed by atoms with Crippen LogP contribution in [-0.4, -0.2) is 44.5 Å². The summed E-state index contributed by atoms with van der Waals surface area (Å²) in [5.74, 6) is -0.958. The largest absolute Gasteiger partial charge is 0.440 e. The molecule has 1 saturated heterocycles. The van der Waals surface area contributed by atoms with Crippen molar-refractivity contribution in [3.63, 3.8) is 0 Å². The molecule has 2 fully saturated rings. The first-order chi connectivity index (χ1) is 17.5. The highest BCUT2D eigenvalue weighted by molar-refractivity contribution is 7.89. The highest BCUT2D eigenvalue weighted by Gasteiger charge is 2.44. The lowest BCUT2D eigenvalue weighted by Crippen LogP contribution is -2.41. The maximum absolute atomic E-state index is 12.7. The second-order valence-corrected chi connectivity index (χ2v) is 12.4. The molecular formula is C25H28ClN3O7S. The summed E-state index contributed by atoms with van der Waals surface area (Å²) in [4.78, 5) is 29.4. The van der Waals surface area contributed by atoms with Crippen LogP contribution in [0.25, 0.3) is 11.1 Å². The van der Waals surface area contributed by atoms with Gasteiger partial charge in [0, 0.05) is 23.6 Å². The Hall–Kier alpha value is -2.89. The molecule has 2 aromatic heterocycles. The van der Waals surface area contributed by atoms with Gasteiger partial charge in [0.2, 0.25) is 11.0 Å². The zero-order chi connectivity index (χ0) is 26.4. The van der Waals surface area contributed by atoms with E-state index in [1.54, 1.807) is 12.1 Å². The van der Waals surface area contributed by atoms with Crippen LogP contribution in [0, 0.1) is 11.3 Å². The summed E-state index contributed by atoms with van der Waals surface area (Å²) in [5.41, 5.74) is 1.44. The maximum Gasteiger partial charge on any atom is 0.297 e. The zero-order valence-electron chi connectivity index (χ0n) is 20.5. The molecular weight excluding hydrogens is 522 g/mol. The molecule has 0 radical (unpaired) electrons. The maximum atomic E-state index is 12.7. The lowest BCUT2D eigenvalue weighted by Gasteiger charge is -2.45. The first kappa shape index (κ1) is 25.7. The third-order valence-corrected chi connectivity index (χ3v) is 8.43. The lowest BCUT2D eigenvalue weighted by atomic mass is 9.60. The van der Waals surface area contributed by atoms with Crippen LogP contribution in [0.5, 0.6) is 0 Å². The smallest absolute Gasteiger partial charge is 0.297 e. The fourth-order valence-corrected chi connectivity index (χ4v) is 6.39. The number of hydrogen-bond acceptors (Lipinski definition) is 8. The van der Waals surface area contributed by atoms with Crippen molar-refractivity contribution in [1.29, 1.82) is 0 Å². The summed E-state index contributed by atoms with van der Waals surface area (Å²) in [5, 5.41) is 2.99. The van der Waals surface area contributed by atoms with Crippen LogP contribution in [0.2, 0.25) is 5.02 Å². The Labute approximate surface area is 219 Å². The average Bonchev–Trinajstić information content (AvgIpc) is 3.57. The van der Waals surface area contributed by atoms with Gasteiger partial charge in [-0.15, -0.1) is 0 Å². The van der Waals surface area contributed by atoms with Crippen molar-refractivity contribution in [3.05, 3.63) is 47.0 Å². The first-order valence-electron chi connectivity index (χ1n) is 12.1. The molecule has 1 saturated carbocycles. The number of hydrogen-bond donors (Lipinski definition) is 2. The summed E-state index contributed by atoms with van der Waals surface area (Å²) in [6, 6.07) is 7.61. The van der Waals surface area contributed by atoms with E-state index in [9.17, 15) is 18.0 Å². The van der Waals surface area contributed by atoms with Crippen molar-refractivity contribution < 1.29 is 31.6 Å². The van der Waals surface area contributed by atoms with Crippen molar-refractivity contribution in [3.8, 4) is 0 Å². The Morgan fingerprint density at radius 3 is 2.73 bits per heavy atom. The molecule has 3 aromatic rings. The second-order valence-electron chi connectivity index (χ2n) is 10.3. The van der Waals surface area contributed by atoms with E-state index in [-0.39, 0.29) is 29.7 Å². The van der Waals surface area contributed by atoms with Crippen LogP contribution in [-0.2, 0) is 19.6 Å². The minimum absolute atomic E-state index is 0.0123. The molecule has 3 heterocycles. The van der Waals surface area contributed by atoms with Gasteiger partial charge in [0.25, 0.3) is 15.9 Å². The van der Waals surface area contributed by atoms with E-state index in [1.807, 2.05) is 17.7 Å². The van der Waals surface area contributed by atoms with Gasteiger partial charge in [-0.2, -0.15) is 8.42 Å². The van der Waals surface area contributed by atoms with Gasteiger partial charge in [0.05, 0.1) is 12.5 Å². The topological polar surface area (TPSA) is 141 Å². The predicted molar refractivity (Wildman–Crippen MR) is 134 cm³/mol. The summed E-state index contributed by atoms with van der Waals surface area (Å²) >= 11 is 6.04. The minimum Gasteiger partial charge on any atom is -0.440 e. The van der Waals surface area contributed by atoms with Crippen molar-refractivity contribution in [2.45, 2.75) is 56.6 Å². The Bertz CT molecular complexity index is 1440. The summed E-state index contributed by atoms with van der Waals surface area (Å²) in [6.45, 7) is 4.63. The van der Waals surface area contributed by atoms with Crippen LogP contribution in [0.1, 0.15) is 61.9 Å². The van der Waals surface area contributed by atoms with Crippen LogP contribution in [0.15, 0.2) is 44.3 Å². The number of oxazole rings is 1. The van der Waals surface area contributed by atoms with Crippen LogP contribution in [0.3, 0.4) is 0 Å². The van der Waals surface area contributed by atoms with Crippen LogP contribution in [0.4, 0.5) is 0 Å². The number of amides is 2. The van der Waals surface area contributed by atoms with Crippen molar-refractivity contribution in [2.75, 3.05) is 13.2 Å². The predicted octanol–water partition coefficient (Wildman–Crippen LogP) is 4.01. The highest BCUT2D eigenvalue weighted by Crippen LogP contribution is 2.53. The van der Waals surface area contributed by atoms with E-state index in [0.717, 1.165) is 24.4 Å². The van der Waals surface area contributed by atoms with E-state index in [1.165, 1.54) is 6.07 Å². The number of benzene rings is 1. The summed E-state index contributed by atoms with van der Waals surface area (Å²) in [6.07, 6.45) is 2.90. The standard InChI is InChI=1S/C25H28ClN3O7S/c1-14(10-25(2)11-16(12-25)24-28-18-9-17(26)3-4-19(18)36-24)27-23(31)20-5-6-21(35-20)37(32,33)29-22(30)15-7-8-34-13-15/h3-6,9,14-16H,7-8,10-13H2,1-2H3,(H,27,31)(H,29,30)/t14-,15?,16-,25-/m0/s1. The number of carbonyl (C=O) groups excluding carboxylic acids is 2. The number of nitrogens with one attached hydrogen (secondary N) is 2. The van der Waals surface area contributed by atoms with Gasteiger partial charge in [-0.1, -0.05) is 18.5 Å². The van der Waals surface area contributed by atoms with Crippen molar-refractivity contribution >= 4 is 44.5 Å². The zero-order valence-corrected chi connectivity index (χ0v) is 22.0. The molecule has 198 valence electrons. The third kappa shape index (κ3) is 5.53. The van der Waals surface area contributed by atoms with Crippen LogP contribution < -0.4 is 10.0 Å². The Morgan fingerprint density at radius 1 is 1.22 bits per heavy atom. The number of carbonyl (C=O) groups is 2. The number of fused-ring (bicyclic) bond motifs is 1. The third-order valence-electron chi connectivity index (χ3n) is 6.98. The minimum atomic E-state index is -4.23. The van der Waals surface area contributed by atoms with Gasteiger partial charge >= 0.3 is 0 Å². The molecule has 1 aliphatic carbocycles. The molecule has 5 rings (SSSR count). The van der Waals surface area contributed by atoms with E-state index < -0.39 is 32.8 Å². The molecule has 12 heteroatoms. The fourth-order valence-electron chi connectivity index (χ4n) is 5.24. The number of aromatic nitrogens is 1. The van der Waals surface area contributed by atoms with Gasteiger partial charge in [-0.3, -0.25) is 9.59 Å². The molecule has 2 aliphatic rings. The van der Waals surface area contributed by atoms with Gasteiger partial charge in [-0.05, 0) is 68.4 Å². The Morgan fingerprint density at radius 2 is 2.00 bits per heavy atom. The van der Waals surface area contributed by atoms with E-state index in [2.05, 4.69) is 17.2 Å². The highest BCUT2D eigenvalue weighted by atomic mass is 35.5. The van der Waals surface area contributed by atoms with Crippen molar-refractivity contribution in [2.24, 2.45) is 11.3 Å². The molecule has 2 amide bonds. The molecule has 0 spiro atoms. The normalized spacial score (nSPS) is 24.5. The molecule has 1 aromatic carbocycles. The Balaban J connectivity index is 1.14. The fraction of sp³-hybridized carbons (Fsp3) is 0.480. The Kier molecular flexibility index (Phi) is 6.80. The van der Waals surface area contributed by atoms with Gasteiger partial charge < -0.3 is 18.9 Å². The molecule has 1 unspecified atom stereocenters. The van der Waals surface area contributed by atoms with Gasteiger partial charge in [0.1, 0.15) is 5.52 Å². The van der Waals surface area contributed by atoms with E-state index in [4.69, 9.17) is 25.2 Å². The molecule has 10 nitrogen and oxygen atoms in total. The monoisotopic (exact) mass is 549 g/mol. The molecule has 37 heavy (non-hydrogen) atoms. The van der Waals surface area contributed by atoms with Crippen molar-refractivity contribution in [1.82, 2.24) is 15.0 Å². The number of rotatable bonds is 8. The molecule has 0 bridgehead atoms. The lowest BCUT2D eigenvalue weighted by molar-refractivity contribution is -0.123. The van der Waals surface area contributed by atoms with E-state index in [0.29, 0.717) is 35.9 Å².